The van der Waals surface area contributed by atoms with Crippen molar-refractivity contribution in [1.29, 1.82) is 0 Å². The van der Waals surface area contributed by atoms with E-state index < -0.39 is 4.92 Å². The van der Waals surface area contributed by atoms with Gasteiger partial charge < -0.3 is 15.4 Å². The van der Waals surface area contributed by atoms with E-state index in [2.05, 4.69) is 10.6 Å². The van der Waals surface area contributed by atoms with Gasteiger partial charge in [0.05, 0.1) is 18.6 Å². The number of nitrogens with one attached hydrogen (secondary N) is 2. The van der Waals surface area contributed by atoms with Crippen molar-refractivity contribution in [1.82, 2.24) is 0 Å². The van der Waals surface area contributed by atoms with Gasteiger partial charge in [-0.2, -0.15) is 0 Å². The molecule has 0 radical (unpaired) electrons. The second-order valence-electron chi connectivity index (χ2n) is 5.41. The van der Waals surface area contributed by atoms with Crippen LogP contribution in [-0.4, -0.2) is 24.5 Å². The molecule has 0 bridgehead atoms. The number of methoxy groups -OCH3 is 1. The Morgan fingerprint density at radius 2 is 2.00 bits per heavy atom. The van der Waals surface area contributed by atoms with E-state index >= 15 is 0 Å². The Kier molecular flexibility index (Phi) is 5.82. The number of ether oxygens (including phenoxy) is 1. The number of nitro benzene ring substituents is 1. The van der Waals surface area contributed by atoms with Crippen LogP contribution in [0.15, 0.2) is 30.3 Å². The molecule has 0 heterocycles. The molecule has 0 aliphatic heterocycles. The fourth-order valence-electron chi connectivity index (χ4n) is 2.28. The molecular weight excluding hydrogens is 346 g/mol. The fraction of sp³-hybridized carbons (Fsp3) is 0.235. The summed E-state index contributed by atoms with van der Waals surface area (Å²) in [5.74, 6) is -0.206. The van der Waals surface area contributed by atoms with Crippen LogP contribution in [0.2, 0.25) is 5.02 Å². The van der Waals surface area contributed by atoms with Crippen LogP contribution in [0.3, 0.4) is 0 Å². The molecule has 0 saturated carbocycles. The first kappa shape index (κ1) is 18.5. The molecule has 0 saturated heterocycles. The smallest absolute Gasteiger partial charge is 0.311 e. The number of halogens is 1. The maximum atomic E-state index is 12.2. The van der Waals surface area contributed by atoms with Crippen LogP contribution < -0.4 is 15.4 Å². The number of amides is 1. The molecule has 0 spiro atoms. The Balaban J connectivity index is 2.10. The van der Waals surface area contributed by atoms with Crippen molar-refractivity contribution in [3.05, 3.63) is 56.6 Å². The van der Waals surface area contributed by atoms with Gasteiger partial charge in [-0.3, -0.25) is 14.9 Å². The molecule has 2 aromatic rings. The molecule has 0 aliphatic carbocycles. The molecule has 0 atom stereocenters. The van der Waals surface area contributed by atoms with Crippen LogP contribution in [0, 0.1) is 24.0 Å². The van der Waals surface area contributed by atoms with Gasteiger partial charge in [-0.1, -0.05) is 17.7 Å². The van der Waals surface area contributed by atoms with E-state index in [-0.39, 0.29) is 23.9 Å². The molecule has 25 heavy (non-hydrogen) atoms. The molecule has 2 N–H and O–H groups in total. The average Bonchev–Trinajstić information content (AvgIpc) is 2.57. The molecule has 2 rings (SSSR count). The van der Waals surface area contributed by atoms with Crippen LogP contribution in [-0.2, 0) is 4.79 Å². The predicted octanol–water partition coefficient (Wildman–Crippen LogP) is 3.92. The van der Waals surface area contributed by atoms with Crippen molar-refractivity contribution in [3.8, 4) is 5.75 Å². The van der Waals surface area contributed by atoms with E-state index in [4.69, 9.17) is 16.3 Å². The van der Waals surface area contributed by atoms with Gasteiger partial charge in [-0.05, 0) is 37.1 Å². The number of hydrogen-bond acceptors (Lipinski definition) is 5. The number of hydrogen-bond donors (Lipinski definition) is 2. The number of carbonyl (C=O) groups is 1. The average molecular weight is 364 g/mol. The fourth-order valence-corrected chi connectivity index (χ4v) is 2.46. The van der Waals surface area contributed by atoms with E-state index in [9.17, 15) is 14.9 Å². The lowest BCUT2D eigenvalue weighted by molar-refractivity contribution is -0.385. The largest absolute Gasteiger partial charge is 0.490 e. The highest BCUT2D eigenvalue weighted by Crippen LogP contribution is 2.32. The summed E-state index contributed by atoms with van der Waals surface area (Å²) in [5.41, 5.74) is 2.49. The third kappa shape index (κ3) is 4.39. The molecule has 0 fully saturated rings. The minimum Gasteiger partial charge on any atom is -0.490 e. The second kappa shape index (κ2) is 7.85. The minimum absolute atomic E-state index is 0.0277. The molecule has 1 amide bonds. The lowest BCUT2D eigenvalue weighted by Crippen LogP contribution is -2.22. The number of nitro groups is 1. The Labute approximate surface area is 150 Å². The quantitative estimate of drug-likeness (QED) is 0.599. The van der Waals surface area contributed by atoms with Crippen molar-refractivity contribution in [2.75, 3.05) is 24.3 Å². The standard InChI is InChI=1S/C17H18ClN3O4/c1-10-7-15(21(23)24)16(25-3)8-14(10)20-17(22)9-19-13-6-4-5-12(18)11(13)2/h4-8,19H,9H2,1-3H3,(H,20,22). The normalized spacial score (nSPS) is 10.2. The minimum atomic E-state index is -0.527. The van der Waals surface area contributed by atoms with E-state index in [1.54, 1.807) is 19.1 Å². The number of nitrogens with zero attached hydrogens (tertiary/aromatic N) is 1. The molecule has 0 aliphatic rings. The Hall–Kier alpha value is -2.80. The maximum absolute atomic E-state index is 12.2. The number of benzene rings is 2. The summed E-state index contributed by atoms with van der Waals surface area (Å²) in [6.07, 6.45) is 0. The molecule has 0 aromatic heterocycles. The van der Waals surface area contributed by atoms with Gasteiger partial charge in [-0.15, -0.1) is 0 Å². The second-order valence-corrected chi connectivity index (χ2v) is 5.82. The first-order valence-corrected chi connectivity index (χ1v) is 7.83. The highest BCUT2D eigenvalue weighted by atomic mass is 35.5. The number of aryl methyl sites for hydroxylation is 1. The summed E-state index contributed by atoms with van der Waals surface area (Å²) >= 11 is 6.04. The van der Waals surface area contributed by atoms with Gasteiger partial charge in [0.15, 0.2) is 5.75 Å². The summed E-state index contributed by atoms with van der Waals surface area (Å²) in [6.45, 7) is 3.56. The lowest BCUT2D eigenvalue weighted by Gasteiger charge is -2.13. The van der Waals surface area contributed by atoms with E-state index in [0.717, 1.165) is 11.3 Å². The Morgan fingerprint density at radius 3 is 2.64 bits per heavy atom. The molecule has 2 aromatic carbocycles. The summed E-state index contributed by atoms with van der Waals surface area (Å²) in [5, 5.41) is 17.3. The zero-order chi connectivity index (χ0) is 18.6. The molecule has 8 heteroatoms. The molecule has 132 valence electrons. The summed E-state index contributed by atoms with van der Waals surface area (Å²) < 4.78 is 5.02. The van der Waals surface area contributed by atoms with E-state index in [1.807, 2.05) is 13.0 Å². The number of anilines is 2. The highest BCUT2D eigenvalue weighted by molar-refractivity contribution is 6.31. The maximum Gasteiger partial charge on any atom is 0.311 e. The monoisotopic (exact) mass is 363 g/mol. The van der Waals surface area contributed by atoms with Crippen molar-refractivity contribution in [2.45, 2.75) is 13.8 Å². The zero-order valence-electron chi connectivity index (χ0n) is 14.1. The van der Waals surface area contributed by atoms with E-state index in [0.29, 0.717) is 16.3 Å². The SMILES string of the molecule is COc1cc(NC(=O)CNc2cccc(Cl)c2C)c(C)cc1[N+](=O)[O-]. The van der Waals surface area contributed by atoms with Crippen molar-refractivity contribution in [3.63, 3.8) is 0 Å². The Bertz CT molecular complexity index is 824. The topological polar surface area (TPSA) is 93.5 Å². The van der Waals surface area contributed by atoms with Gasteiger partial charge in [0.2, 0.25) is 5.91 Å². The highest BCUT2D eigenvalue weighted by Gasteiger charge is 2.18. The van der Waals surface area contributed by atoms with Crippen molar-refractivity contribution in [2.24, 2.45) is 0 Å². The van der Waals surface area contributed by atoms with Crippen LogP contribution in [0.1, 0.15) is 11.1 Å². The first-order chi connectivity index (χ1) is 11.8. The zero-order valence-corrected chi connectivity index (χ0v) is 14.8. The van der Waals surface area contributed by atoms with Crippen molar-refractivity contribution >= 4 is 34.6 Å². The summed E-state index contributed by atoms with van der Waals surface area (Å²) in [6, 6.07) is 8.20. The molecular formula is C17H18ClN3O4. The van der Waals surface area contributed by atoms with Crippen molar-refractivity contribution < 1.29 is 14.5 Å². The van der Waals surface area contributed by atoms with Gasteiger partial charge in [0.1, 0.15) is 0 Å². The van der Waals surface area contributed by atoms with E-state index in [1.165, 1.54) is 19.2 Å². The first-order valence-electron chi connectivity index (χ1n) is 7.45. The van der Waals surface area contributed by atoms with Crippen LogP contribution in [0.5, 0.6) is 5.75 Å². The Morgan fingerprint density at radius 1 is 1.28 bits per heavy atom. The van der Waals surface area contributed by atoms with Gasteiger partial charge in [-0.25, -0.2) is 0 Å². The summed E-state index contributed by atoms with van der Waals surface area (Å²) in [7, 11) is 1.34. The third-order valence-corrected chi connectivity index (χ3v) is 4.11. The van der Waals surface area contributed by atoms with Crippen LogP contribution in [0.4, 0.5) is 17.1 Å². The predicted molar refractivity (Wildman–Crippen MR) is 97.7 cm³/mol. The van der Waals surface area contributed by atoms with Crippen LogP contribution in [0.25, 0.3) is 0 Å². The number of carbonyl (C=O) groups excluding carboxylic acids is 1. The van der Waals surface area contributed by atoms with Gasteiger partial charge in [0, 0.05) is 28.5 Å². The summed E-state index contributed by atoms with van der Waals surface area (Å²) in [4.78, 5) is 22.6. The number of rotatable bonds is 6. The van der Waals surface area contributed by atoms with Gasteiger partial charge >= 0.3 is 5.69 Å². The third-order valence-electron chi connectivity index (χ3n) is 3.70. The van der Waals surface area contributed by atoms with Gasteiger partial charge in [0.25, 0.3) is 0 Å². The molecule has 7 nitrogen and oxygen atoms in total. The molecule has 0 unspecified atom stereocenters. The lowest BCUT2D eigenvalue weighted by atomic mass is 10.1. The van der Waals surface area contributed by atoms with Crippen LogP contribution >= 0.6 is 11.6 Å².